The highest BCUT2D eigenvalue weighted by atomic mass is 35.5. The van der Waals surface area contributed by atoms with E-state index >= 15 is 0 Å². The first-order chi connectivity index (χ1) is 23.7. The molecule has 1 amide bonds. The molecule has 0 bridgehead atoms. The molecule has 2 rings (SSSR count). The molecule has 1 saturated heterocycles. The van der Waals surface area contributed by atoms with E-state index in [4.69, 9.17) is 9.47 Å². The maximum Gasteiger partial charge on any atom is 0.251 e. The predicted octanol–water partition coefficient (Wildman–Crippen LogP) is 11.1. The Morgan fingerprint density at radius 3 is 1.55 bits per heavy atom. The summed E-state index contributed by atoms with van der Waals surface area (Å²) in [4.78, 5) is 15.4. The number of nitrogens with zero attached hydrogens (tertiary/aromatic N) is 1. The van der Waals surface area contributed by atoms with E-state index in [1.54, 1.807) is 0 Å². The van der Waals surface area contributed by atoms with Crippen molar-refractivity contribution in [2.45, 2.75) is 174 Å². The third-order valence-corrected chi connectivity index (χ3v) is 9.90. The van der Waals surface area contributed by atoms with Gasteiger partial charge in [-0.3, -0.25) is 4.79 Å². The molecule has 0 aromatic heterocycles. The molecule has 286 valence electrons. The number of piperazine rings is 1. The average molecular weight is 709 g/mol. The maximum absolute atomic E-state index is 13.0. The van der Waals surface area contributed by atoms with E-state index in [9.17, 15) is 4.79 Å². The van der Waals surface area contributed by atoms with Gasteiger partial charge in [-0.1, -0.05) is 155 Å². The van der Waals surface area contributed by atoms with Crippen LogP contribution in [0.2, 0.25) is 0 Å². The van der Waals surface area contributed by atoms with Crippen LogP contribution in [-0.2, 0) is 9.47 Å². The maximum atomic E-state index is 13.0. The zero-order chi connectivity index (χ0) is 34.2. The van der Waals surface area contributed by atoms with Crippen LogP contribution in [0.25, 0.3) is 0 Å². The van der Waals surface area contributed by atoms with Crippen molar-refractivity contribution in [3.63, 3.8) is 0 Å². The molecule has 0 radical (unpaired) electrons. The minimum atomic E-state index is -0.112. The summed E-state index contributed by atoms with van der Waals surface area (Å²) in [7, 11) is 0. The highest BCUT2D eigenvalue weighted by Gasteiger charge is 2.15. The van der Waals surface area contributed by atoms with Gasteiger partial charge in [0.1, 0.15) is 0 Å². The van der Waals surface area contributed by atoms with E-state index in [0.717, 1.165) is 52.2 Å². The van der Waals surface area contributed by atoms with Crippen LogP contribution in [0.15, 0.2) is 24.3 Å². The van der Waals surface area contributed by atoms with Crippen LogP contribution < -0.4 is 15.5 Å². The second kappa shape index (κ2) is 33.8. The molecule has 1 unspecified atom stereocenters. The van der Waals surface area contributed by atoms with Gasteiger partial charge >= 0.3 is 0 Å². The summed E-state index contributed by atoms with van der Waals surface area (Å²) in [5.74, 6) is -0.0400. The minimum absolute atomic E-state index is 0. The molecule has 1 fully saturated rings. The van der Waals surface area contributed by atoms with Gasteiger partial charge in [0.15, 0.2) is 0 Å². The van der Waals surface area contributed by atoms with Crippen LogP contribution in [0.3, 0.4) is 0 Å². The molecular formula is C42H78ClN3O3. The predicted molar refractivity (Wildman–Crippen MR) is 214 cm³/mol. The number of hydrogen-bond acceptors (Lipinski definition) is 5. The van der Waals surface area contributed by atoms with Gasteiger partial charge in [0.05, 0.1) is 12.7 Å². The van der Waals surface area contributed by atoms with Gasteiger partial charge in [0.2, 0.25) is 0 Å². The monoisotopic (exact) mass is 708 g/mol. The van der Waals surface area contributed by atoms with E-state index in [2.05, 4.69) is 41.5 Å². The molecule has 1 heterocycles. The van der Waals surface area contributed by atoms with Gasteiger partial charge in [0.25, 0.3) is 5.91 Å². The van der Waals surface area contributed by atoms with Crippen LogP contribution in [-0.4, -0.2) is 64.6 Å². The normalized spacial score (nSPS) is 13.7. The summed E-state index contributed by atoms with van der Waals surface area (Å²) in [6, 6.07) is 8.03. The lowest BCUT2D eigenvalue weighted by molar-refractivity contribution is -0.0170. The Hall–Kier alpha value is -1.34. The fourth-order valence-corrected chi connectivity index (χ4v) is 6.67. The Labute approximate surface area is 309 Å². The molecule has 0 saturated carbocycles. The van der Waals surface area contributed by atoms with Crippen LogP contribution in [0.1, 0.15) is 178 Å². The summed E-state index contributed by atoms with van der Waals surface area (Å²) in [6.07, 6.45) is 32.1. The number of rotatable bonds is 33. The third kappa shape index (κ3) is 25.3. The number of hydrogen-bond donors (Lipinski definition) is 2. The zero-order valence-corrected chi connectivity index (χ0v) is 32.9. The lowest BCUT2D eigenvalue weighted by Gasteiger charge is -2.29. The number of nitrogens with one attached hydrogen (secondary N) is 2. The molecule has 49 heavy (non-hydrogen) atoms. The van der Waals surface area contributed by atoms with Crippen molar-refractivity contribution in [2.75, 3.05) is 57.4 Å². The Bertz CT molecular complexity index is 850. The topological polar surface area (TPSA) is 62.8 Å². The molecule has 1 atom stereocenters. The second-order valence-corrected chi connectivity index (χ2v) is 14.3. The minimum Gasteiger partial charge on any atom is -0.379 e. The van der Waals surface area contributed by atoms with Gasteiger partial charge in [-0.2, -0.15) is 0 Å². The number of carbonyl (C=O) groups excluding carboxylic acids is 1. The zero-order valence-electron chi connectivity index (χ0n) is 32.1. The lowest BCUT2D eigenvalue weighted by Crippen LogP contribution is -2.43. The van der Waals surface area contributed by atoms with Gasteiger partial charge < -0.3 is 25.0 Å². The van der Waals surface area contributed by atoms with Crippen molar-refractivity contribution in [2.24, 2.45) is 0 Å². The van der Waals surface area contributed by atoms with Crippen molar-refractivity contribution in [3.8, 4) is 0 Å². The van der Waals surface area contributed by atoms with Gasteiger partial charge in [-0.15, -0.1) is 12.4 Å². The number of halogens is 1. The first kappa shape index (κ1) is 45.7. The van der Waals surface area contributed by atoms with E-state index in [-0.39, 0.29) is 24.4 Å². The molecule has 7 heteroatoms. The average Bonchev–Trinajstić information content (AvgIpc) is 3.12. The van der Waals surface area contributed by atoms with Crippen molar-refractivity contribution in [3.05, 3.63) is 29.8 Å². The van der Waals surface area contributed by atoms with Crippen LogP contribution in [0.5, 0.6) is 0 Å². The largest absolute Gasteiger partial charge is 0.379 e. The third-order valence-electron chi connectivity index (χ3n) is 9.90. The van der Waals surface area contributed by atoms with Crippen molar-refractivity contribution in [1.82, 2.24) is 10.6 Å². The molecule has 1 aliphatic heterocycles. The first-order valence-electron chi connectivity index (χ1n) is 20.8. The summed E-state index contributed by atoms with van der Waals surface area (Å²) in [5.41, 5.74) is 1.88. The Balaban J connectivity index is 0.0000120. The van der Waals surface area contributed by atoms with Gasteiger partial charge in [-0.05, 0) is 37.1 Å². The molecule has 6 nitrogen and oxygen atoms in total. The smallest absolute Gasteiger partial charge is 0.251 e. The quantitative estimate of drug-likeness (QED) is 0.0712. The number of ether oxygens (including phenoxy) is 2. The van der Waals surface area contributed by atoms with Crippen molar-refractivity contribution in [1.29, 1.82) is 0 Å². The van der Waals surface area contributed by atoms with E-state index in [0.29, 0.717) is 18.7 Å². The highest BCUT2D eigenvalue weighted by Crippen LogP contribution is 2.17. The van der Waals surface area contributed by atoms with Gasteiger partial charge in [0, 0.05) is 57.2 Å². The summed E-state index contributed by atoms with van der Waals surface area (Å²) in [5, 5.41) is 6.52. The highest BCUT2D eigenvalue weighted by molar-refractivity contribution is 5.94. The molecule has 0 spiro atoms. The Morgan fingerprint density at radius 1 is 0.653 bits per heavy atom. The number of carbonyl (C=O) groups is 1. The summed E-state index contributed by atoms with van der Waals surface area (Å²) >= 11 is 0. The second-order valence-electron chi connectivity index (χ2n) is 14.3. The van der Waals surface area contributed by atoms with Crippen LogP contribution >= 0.6 is 12.4 Å². The van der Waals surface area contributed by atoms with E-state index < -0.39 is 0 Å². The summed E-state index contributed by atoms with van der Waals surface area (Å²) in [6.45, 7) is 11.1. The SMILES string of the molecule is CCCCCCCCCCCCCCOCC(CNC(=O)c1ccc(N2CCNCC2)cc1)OCCCCCCCCCCCCCC.Cl. The van der Waals surface area contributed by atoms with Crippen molar-refractivity contribution < 1.29 is 14.3 Å². The standard InChI is InChI=1S/C42H77N3O3.ClH/c1-3-5-7-9-11-13-15-17-19-21-23-25-35-47-38-41(48-36-26-24-22-20-18-16-14-12-10-8-6-4-2)37-44-42(46)39-27-29-40(30-28-39)45-33-31-43-32-34-45;/h27-30,41,43H,3-26,31-38H2,1-2H3,(H,44,46);1H. The molecule has 1 aromatic rings. The molecule has 1 aromatic carbocycles. The number of unbranched alkanes of at least 4 members (excludes halogenated alkanes) is 22. The fourth-order valence-electron chi connectivity index (χ4n) is 6.67. The molecule has 0 aliphatic carbocycles. The molecule has 2 N–H and O–H groups in total. The number of anilines is 1. The fraction of sp³-hybridized carbons (Fsp3) is 0.833. The van der Waals surface area contributed by atoms with Gasteiger partial charge in [-0.25, -0.2) is 0 Å². The Morgan fingerprint density at radius 2 is 1.08 bits per heavy atom. The van der Waals surface area contributed by atoms with E-state index in [1.807, 2.05) is 12.1 Å². The number of amides is 1. The molecule has 1 aliphatic rings. The number of benzene rings is 1. The summed E-state index contributed by atoms with van der Waals surface area (Å²) < 4.78 is 12.4. The molecular weight excluding hydrogens is 630 g/mol. The first-order valence-corrected chi connectivity index (χ1v) is 20.8. The van der Waals surface area contributed by atoms with Crippen molar-refractivity contribution >= 4 is 24.0 Å². The van der Waals surface area contributed by atoms with E-state index in [1.165, 1.54) is 147 Å². The van der Waals surface area contributed by atoms with Crippen LogP contribution in [0.4, 0.5) is 5.69 Å². The van der Waals surface area contributed by atoms with Crippen LogP contribution in [0, 0.1) is 0 Å². The lowest BCUT2D eigenvalue weighted by atomic mass is 10.1. The Kier molecular flexibility index (Phi) is 31.5.